The number of benzene rings is 4. The Balaban J connectivity index is 1.81. The van der Waals surface area contributed by atoms with Crippen LogP contribution in [0.25, 0.3) is 11.1 Å². The lowest BCUT2D eigenvalue weighted by Crippen LogP contribution is -2.29. The average Bonchev–Trinajstić information content (AvgIpc) is 2.84. The van der Waals surface area contributed by atoms with Crippen LogP contribution in [-0.4, -0.2) is 38.4 Å². The van der Waals surface area contributed by atoms with Gasteiger partial charge in [0, 0.05) is 39.6 Å². The molecule has 4 rings (SSSR count). The van der Waals surface area contributed by atoms with Crippen LogP contribution >= 0.6 is 0 Å². The molecule has 0 radical (unpaired) electrons. The van der Waals surface area contributed by atoms with Crippen LogP contribution in [0.1, 0.15) is 16.7 Å². The molecule has 0 atom stereocenters. The molecular weight excluding hydrogens is 408 g/mol. The predicted molar refractivity (Wildman–Crippen MR) is 137 cm³/mol. The highest BCUT2D eigenvalue weighted by Gasteiger charge is 2.34. The van der Waals surface area contributed by atoms with E-state index >= 15 is 0 Å². The fraction of sp³-hybridized carbons (Fsp3) is 0.172. The van der Waals surface area contributed by atoms with Crippen molar-refractivity contribution in [2.45, 2.75) is 5.60 Å². The maximum Gasteiger partial charge on any atom is 0.140 e. The predicted octanol–water partition coefficient (Wildman–Crippen LogP) is 5.48. The molecule has 0 heterocycles. The van der Waals surface area contributed by atoms with Crippen LogP contribution in [0.3, 0.4) is 0 Å². The van der Waals surface area contributed by atoms with Crippen molar-refractivity contribution in [2.24, 2.45) is 0 Å². The maximum absolute atomic E-state index is 12.2. The van der Waals surface area contributed by atoms with Gasteiger partial charge in [0.1, 0.15) is 11.4 Å². The van der Waals surface area contributed by atoms with Crippen molar-refractivity contribution >= 4 is 11.4 Å². The standard InChI is InChI=1S/C29H30N2O2/c1-30(2)26-16-12-24(13-17-26)29(33,25-14-18-27(19-15-25)31(3)4)23-10-8-21(9-11-23)22-6-5-7-28(32)20-22/h5-20,32-33H,1-4H3. The van der Waals surface area contributed by atoms with E-state index in [1.165, 1.54) is 0 Å². The van der Waals surface area contributed by atoms with E-state index in [4.69, 9.17) is 0 Å². The third kappa shape index (κ3) is 4.43. The number of nitrogens with zero attached hydrogens (tertiary/aromatic N) is 2. The second kappa shape index (κ2) is 9.00. The molecule has 4 nitrogen and oxygen atoms in total. The van der Waals surface area contributed by atoms with Crippen molar-refractivity contribution in [3.63, 3.8) is 0 Å². The number of aliphatic hydroxyl groups is 1. The minimum atomic E-state index is -1.31. The van der Waals surface area contributed by atoms with E-state index in [1.807, 2.05) is 123 Å². The summed E-state index contributed by atoms with van der Waals surface area (Å²) in [5.41, 5.74) is 5.12. The highest BCUT2D eigenvalue weighted by Crippen LogP contribution is 2.39. The number of phenolic OH excluding ortho intramolecular Hbond substituents is 1. The summed E-state index contributed by atoms with van der Waals surface area (Å²) in [5, 5.41) is 22.1. The van der Waals surface area contributed by atoms with Gasteiger partial charge in [-0.2, -0.15) is 0 Å². The fourth-order valence-electron chi connectivity index (χ4n) is 4.09. The zero-order valence-corrected chi connectivity index (χ0v) is 19.5. The SMILES string of the molecule is CN(C)c1ccc(C(O)(c2ccc(-c3cccc(O)c3)cc2)c2ccc(N(C)C)cc2)cc1. The lowest BCUT2D eigenvalue weighted by Gasteiger charge is -2.31. The molecule has 0 amide bonds. The Hall–Kier alpha value is -3.76. The monoisotopic (exact) mass is 438 g/mol. The molecule has 4 heteroatoms. The molecule has 0 saturated heterocycles. The lowest BCUT2D eigenvalue weighted by atomic mass is 9.80. The molecule has 168 valence electrons. The molecule has 0 saturated carbocycles. The summed E-state index contributed by atoms with van der Waals surface area (Å²) in [6.45, 7) is 0. The first-order valence-corrected chi connectivity index (χ1v) is 11.0. The van der Waals surface area contributed by atoms with Crippen LogP contribution in [0.4, 0.5) is 11.4 Å². The molecule has 0 aromatic heterocycles. The van der Waals surface area contributed by atoms with E-state index in [1.54, 1.807) is 12.1 Å². The first-order chi connectivity index (χ1) is 15.8. The Labute approximate surface area is 196 Å². The summed E-state index contributed by atoms with van der Waals surface area (Å²) in [5.74, 6) is 0.232. The van der Waals surface area contributed by atoms with Gasteiger partial charge < -0.3 is 20.0 Å². The van der Waals surface area contributed by atoms with Gasteiger partial charge >= 0.3 is 0 Å². The lowest BCUT2D eigenvalue weighted by molar-refractivity contribution is 0.126. The number of aromatic hydroxyl groups is 1. The molecule has 4 aromatic rings. The zero-order chi connectivity index (χ0) is 23.6. The van der Waals surface area contributed by atoms with Gasteiger partial charge in [-0.3, -0.25) is 0 Å². The van der Waals surface area contributed by atoms with Crippen LogP contribution in [-0.2, 0) is 5.60 Å². The topological polar surface area (TPSA) is 46.9 Å². The van der Waals surface area contributed by atoms with Crippen molar-refractivity contribution < 1.29 is 10.2 Å². The Bertz CT molecular complexity index is 1160. The van der Waals surface area contributed by atoms with E-state index < -0.39 is 5.60 Å². The summed E-state index contributed by atoms with van der Waals surface area (Å²) in [7, 11) is 8.01. The van der Waals surface area contributed by atoms with Crippen LogP contribution in [0, 0.1) is 0 Å². The summed E-state index contributed by atoms with van der Waals surface area (Å²) >= 11 is 0. The van der Waals surface area contributed by atoms with E-state index in [0.717, 1.165) is 39.2 Å². The normalized spacial score (nSPS) is 11.3. The molecule has 0 fully saturated rings. The Morgan fingerprint density at radius 2 is 0.970 bits per heavy atom. The van der Waals surface area contributed by atoms with Crippen molar-refractivity contribution in [1.29, 1.82) is 0 Å². The summed E-state index contributed by atoms with van der Waals surface area (Å²) < 4.78 is 0. The summed E-state index contributed by atoms with van der Waals surface area (Å²) in [6, 6.07) is 31.1. The Kier molecular flexibility index (Phi) is 6.12. The minimum absolute atomic E-state index is 0.232. The number of hydrogen-bond acceptors (Lipinski definition) is 4. The van der Waals surface area contributed by atoms with E-state index in [2.05, 4.69) is 0 Å². The van der Waals surface area contributed by atoms with Crippen LogP contribution in [0.2, 0.25) is 0 Å². The first-order valence-electron chi connectivity index (χ1n) is 11.0. The molecule has 33 heavy (non-hydrogen) atoms. The second-order valence-corrected chi connectivity index (χ2v) is 8.72. The number of rotatable bonds is 6. The van der Waals surface area contributed by atoms with Crippen molar-refractivity contribution in [2.75, 3.05) is 38.0 Å². The fourth-order valence-corrected chi connectivity index (χ4v) is 4.09. The van der Waals surface area contributed by atoms with Crippen LogP contribution in [0.15, 0.2) is 97.1 Å². The van der Waals surface area contributed by atoms with Gasteiger partial charge in [-0.05, 0) is 64.2 Å². The Morgan fingerprint density at radius 1 is 0.545 bits per heavy atom. The highest BCUT2D eigenvalue weighted by molar-refractivity contribution is 5.66. The number of phenols is 1. The largest absolute Gasteiger partial charge is 0.508 e. The molecule has 4 aromatic carbocycles. The molecule has 0 bridgehead atoms. The average molecular weight is 439 g/mol. The van der Waals surface area contributed by atoms with Gasteiger partial charge in [0.2, 0.25) is 0 Å². The molecule has 0 aliphatic rings. The van der Waals surface area contributed by atoms with Gasteiger partial charge in [0.25, 0.3) is 0 Å². The maximum atomic E-state index is 12.2. The van der Waals surface area contributed by atoms with Gasteiger partial charge in [0.15, 0.2) is 0 Å². The van der Waals surface area contributed by atoms with Crippen LogP contribution < -0.4 is 9.80 Å². The number of anilines is 2. The van der Waals surface area contributed by atoms with Crippen molar-refractivity contribution in [1.82, 2.24) is 0 Å². The molecule has 0 unspecified atom stereocenters. The zero-order valence-electron chi connectivity index (χ0n) is 19.5. The van der Waals surface area contributed by atoms with Gasteiger partial charge in [0.05, 0.1) is 0 Å². The number of hydrogen-bond donors (Lipinski definition) is 2. The van der Waals surface area contributed by atoms with Gasteiger partial charge in [-0.15, -0.1) is 0 Å². The Morgan fingerprint density at radius 3 is 1.36 bits per heavy atom. The van der Waals surface area contributed by atoms with Gasteiger partial charge in [-0.1, -0.05) is 60.7 Å². The third-order valence-electron chi connectivity index (χ3n) is 6.09. The van der Waals surface area contributed by atoms with Crippen molar-refractivity contribution in [3.8, 4) is 16.9 Å². The quantitative estimate of drug-likeness (QED) is 0.392. The second-order valence-electron chi connectivity index (χ2n) is 8.72. The van der Waals surface area contributed by atoms with E-state index in [9.17, 15) is 10.2 Å². The van der Waals surface area contributed by atoms with E-state index in [-0.39, 0.29) is 5.75 Å². The minimum Gasteiger partial charge on any atom is -0.508 e. The highest BCUT2D eigenvalue weighted by atomic mass is 16.3. The smallest absolute Gasteiger partial charge is 0.140 e. The third-order valence-corrected chi connectivity index (χ3v) is 6.09. The summed E-state index contributed by atoms with van der Waals surface area (Å²) in [6.07, 6.45) is 0. The van der Waals surface area contributed by atoms with Crippen molar-refractivity contribution in [3.05, 3.63) is 114 Å². The molecule has 0 spiro atoms. The van der Waals surface area contributed by atoms with Crippen LogP contribution in [0.5, 0.6) is 5.75 Å². The first kappa shape index (κ1) is 22.4. The van der Waals surface area contributed by atoms with E-state index in [0.29, 0.717) is 0 Å². The molecule has 0 aliphatic heterocycles. The molecular formula is C29H30N2O2. The molecule has 0 aliphatic carbocycles. The van der Waals surface area contributed by atoms with Gasteiger partial charge in [-0.25, -0.2) is 0 Å². The summed E-state index contributed by atoms with van der Waals surface area (Å²) in [4.78, 5) is 4.08. The molecule has 2 N–H and O–H groups in total.